The van der Waals surface area contributed by atoms with Crippen LogP contribution in [0.25, 0.3) is 0 Å². The number of hydrazone groups is 1. The zero-order valence-corrected chi connectivity index (χ0v) is 6.95. The van der Waals surface area contributed by atoms with Gasteiger partial charge in [0, 0.05) is 12.4 Å². The number of nitrogens with zero attached hydrogens (tertiary/aromatic N) is 3. The molecule has 6 heteroatoms. The summed E-state index contributed by atoms with van der Waals surface area (Å²) in [5.41, 5.74) is 8.17. The van der Waals surface area contributed by atoms with E-state index in [1.807, 2.05) is 0 Å². The van der Waals surface area contributed by atoms with E-state index in [1.54, 1.807) is 18.6 Å². The maximum absolute atomic E-state index is 5.13. The van der Waals surface area contributed by atoms with Gasteiger partial charge in [0.05, 0.1) is 12.4 Å². The Bertz CT molecular complexity index is 283. The van der Waals surface area contributed by atoms with Gasteiger partial charge in [-0.3, -0.25) is 15.4 Å². The molecule has 1 aromatic heterocycles. The second-order valence-corrected chi connectivity index (χ2v) is 2.30. The maximum Gasteiger partial charge on any atom is 0.184 e. The molecule has 0 saturated heterocycles. The van der Waals surface area contributed by atoms with Crippen molar-refractivity contribution in [2.24, 2.45) is 10.8 Å². The van der Waals surface area contributed by atoms with Gasteiger partial charge in [-0.25, -0.2) is 0 Å². The summed E-state index contributed by atoms with van der Waals surface area (Å²) in [5, 5.41) is 3.82. The van der Waals surface area contributed by atoms with E-state index in [4.69, 9.17) is 5.73 Å². The number of nitrogens with one attached hydrogen (secondary N) is 1. The van der Waals surface area contributed by atoms with E-state index in [0.29, 0.717) is 5.69 Å². The average molecular weight is 181 g/mol. The van der Waals surface area contributed by atoms with Crippen LogP contribution in [0.15, 0.2) is 23.7 Å². The summed E-state index contributed by atoms with van der Waals surface area (Å²) in [5.74, 6) is 0. The van der Waals surface area contributed by atoms with Crippen molar-refractivity contribution in [2.45, 2.75) is 0 Å². The standard InChI is InChI=1S/C6H7N5S/c7-6(12)11-10-4-5-3-8-1-2-9-5/h1-4H,(H3,7,11,12)/b10-4+. The summed E-state index contributed by atoms with van der Waals surface area (Å²) in [6, 6.07) is 0. The Morgan fingerprint density at radius 2 is 2.50 bits per heavy atom. The van der Waals surface area contributed by atoms with E-state index >= 15 is 0 Å². The molecule has 1 aromatic rings. The van der Waals surface area contributed by atoms with Crippen molar-refractivity contribution in [3.63, 3.8) is 0 Å². The van der Waals surface area contributed by atoms with Crippen molar-refractivity contribution in [3.05, 3.63) is 24.3 Å². The Kier molecular flexibility index (Phi) is 3.09. The van der Waals surface area contributed by atoms with Gasteiger partial charge in [-0.05, 0) is 12.2 Å². The second kappa shape index (κ2) is 4.35. The van der Waals surface area contributed by atoms with Crippen LogP contribution in [0.4, 0.5) is 0 Å². The first-order valence-corrected chi connectivity index (χ1v) is 3.54. The lowest BCUT2D eigenvalue weighted by Crippen LogP contribution is -2.24. The smallest absolute Gasteiger partial charge is 0.184 e. The second-order valence-electron chi connectivity index (χ2n) is 1.86. The van der Waals surface area contributed by atoms with Crippen LogP contribution in [-0.2, 0) is 0 Å². The first-order chi connectivity index (χ1) is 5.79. The monoisotopic (exact) mass is 181 g/mol. The van der Waals surface area contributed by atoms with E-state index in [0.717, 1.165) is 0 Å². The molecule has 1 rings (SSSR count). The van der Waals surface area contributed by atoms with Crippen molar-refractivity contribution in [2.75, 3.05) is 0 Å². The highest BCUT2D eigenvalue weighted by atomic mass is 32.1. The van der Waals surface area contributed by atoms with Gasteiger partial charge in [0.25, 0.3) is 0 Å². The molecule has 3 N–H and O–H groups in total. The van der Waals surface area contributed by atoms with Crippen LogP contribution in [0, 0.1) is 0 Å². The molecule has 5 nitrogen and oxygen atoms in total. The van der Waals surface area contributed by atoms with E-state index in [1.165, 1.54) is 6.21 Å². The van der Waals surface area contributed by atoms with Crippen molar-refractivity contribution in [1.29, 1.82) is 0 Å². The topological polar surface area (TPSA) is 76.2 Å². The molecule has 12 heavy (non-hydrogen) atoms. The first kappa shape index (κ1) is 8.54. The van der Waals surface area contributed by atoms with Gasteiger partial charge >= 0.3 is 0 Å². The van der Waals surface area contributed by atoms with E-state index in [9.17, 15) is 0 Å². The van der Waals surface area contributed by atoms with Crippen molar-refractivity contribution in [1.82, 2.24) is 15.4 Å². The van der Waals surface area contributed by atoms with Gasteiger partial charge in [-0.2, -0.15) is 5.10 Å². The molecule has 62 valence electrons. The van der Waals surface area contributed by atoms with Gasteiger partial charge in [0.15, 0.2) is 5.11 Å². The fourth-order valence-electron chi connectivity index (χ4n) is 0.539. The fraction of sp³-hybridized carbons (Fsp3) is 0. The van der Waals surface area contributed by atoms with E-state index in [-0.39, 0.29) is 5.11 Å². The van der Waals surface area contributed by atoms with Crippen LogP contribution in [0.3, 0.4) is 0 Å². The number of nitrogens with two attached hydrogens (primary N) is 1. The predicted octanol–water partition coefficient (Wildman–Crippen LogP) is -0.356. The lowest BCUT2D eigenvalue weighted by Gasteiger charge is -1.92. The summed E-state index contributed by atoms with van der Waals surface area (Å²) in [4.78, 5) is 7.78. The van der Waals surface area contributed by atoms with Crippen LogP contribution in [-0.4, -0.2) is 21.3 Å². The quantitative estimate of drug-likeness (QED) is 0.370. The van der Waals surface area contributed by atoms with Crippen LogP contribution in [0.5, 0.6) is 0 Å². The molecule has 0 spiro atoms. The van der Waals surface area contributed by atoms with Crippen LogP contribution in [0.2, 0.25) is 0 Å². The van der Waals surface area contributed by atoms with Gasteiger partial charge < -0.3 is 5.73 Å². The Labute approximate surface area is 74.7 Å². The average Bonchev–Trinajstić information content (AvgIpc) is 2.05. The highest BCUT2D eigenvalue weighted by Crippen LogP contribution is 1.82. The minimum atomic E-state index is 0.121. The Balaban J connectivity index is 2.52. The summed E-state index contributed by atoms with van der Waals surface area (Å²) < 4.78 is 0. The molecular formula is C6H7N5S. The number of hydrogen-bond acceptors (Lipinski definition) is 4. The Hall–Kier alpha value is -1.56. The lowest BCUT2D eigenvalue weighted by molar-refractivity contribution is 1.04. The molecule has 0 bridgehead atoms. The number of hydrogen-bond donors (Lipinski definition) is 2. The molecule has 0 aliphatic carbocycles. The number of rotatable bonds is 2. The zero-order valence-electron chi connectivity index (χ0n) is 6.14. The molecular weight excluding hydrogens is 174 g/mol. The molecule has 0 saturated carbocycles. The Morgan fingerprint density at radius 1 is 1.67 bits per heavy atom. The summed E-state index contributed by atoms with van der Waals surface area (Å²) in [7, 11) is 0. The molecule has 0 aromatic carbocycles. The Morgan fingerprint density at radius 3 is 3.08 bits per heavy atom. The molecule has 0 unspecified atom stereocenters. The van der Waals surface area contributed by atoms with Crippen LogP contribution >= 0.6 is 12.2 Å². The van der Waals surface area contributed by atoms with E-state index < -0.39 is 0 Å². The summed E-state index contributed by atoms with van der Waals surface area (Å²) in [6.45, 7) is 0. The largest absolute Gasteiger partial charge is 0.375 e. The number of aromatic nitrogens is 2. The third-order valence-corrected chi connectivity index (χ3v) is 1.05. The predicted molar refractivity (Wildman–Crippen MR) is 49.5 cm³/mol. The minimum absolute atomic E-state index is 0.121. The van der Waals surface area contributed by atoms with Gasteiger partial charge in [0.1, 0.15) is 5.69 Å². The van der Waals surface area contributed by atoms with E-state index in [2.05, 4.69) is 32.7 Å². The first-order valence-electron chi connectivity index (χ1n) is 3.13. The third kappa shape index (κ3) is 3.02. The summed E-state index contributed by atoms with van der Waals surface area (Å²) >= 11 is 4.53. The van der Waals surface area contributed by atoms with Gasteiger partial charge in [-0.1, -0.05) is 0 Å². The highest BCUT2D eigenvalue weighted by molar-refractivity contribution is 7.80. The maximum atomic E-state index is 5.13. The van der Waals surface area contributed by atoms with Crippen LogP contribution < -0.4 is 11.2 Å². The highest BCUT2D eigenvalue weighted by Gasteiger charge is 1.85. The normalized spacial score (nSPS) is 10.0. The molecule has 1 heterocycles. The molecule has 0 radical (unpaired) electrons. The van der Waals surface area contributed by atoms with Crippen molar-refractivity contribution >= 4 is 23.5 Å². The van der Waals surface area contributed by atoms with Crippen molar-refractivity contribution in [3.8, 4) is 0 Å². The molecule has 0 amide bonds. The molecule has 0 atom stereocenters. The third-order valence-electron chi connectivity index (χ3n) is 0.955. The van der Waals surface area contributed by atoms with Crippen LogP contribution in [0.1, 0.15) is 5.69 Å². The SMILES string of the molecule is NC(=S)N/N=C/c1cnccn1. The summed E-state index contributed by atoms with van der Waals surface area (Å²) in [6.07, 6.45) is 6.21. The zero-order chi connectivity index (χ0) is 8.81. The molecule has 0 fully saturated rings. The fourth-order valence-corrected chi connectivity index (χ4v) is 0.592. The van der Waals surface area contributed by atoms with Crippen molar-refractivity contribution < 1.29 is 0 Å². The molecule has 0 aliphatic rings. The molecule has 0 aliphatic heterocycles. The number of thiocarbonyl (C=S) groups is 1. The minimum Gasteiger partial charge on any atom is -0.375 e. The van der Waals surface area contributed by atoms with Gasteiger partial charge in [0.2, 0.25) is 0 Å². The lowest BCUT2D eigenvalue weighted by atomic mass is 10.5. The van der Waals surface area contributed by atoms with Gasteiger partial charge in [-0.15, -0.1) is 0 Å².